The van der Waals surface area contributed by atoms with Gasteiger partial charge in [0, 0.05) is 43.9 Å². The van der Waals surface area contributed by atoms with Crippen molar-refractivity contribution in [1.82, 2.24) is 15.2 Å². The fraction of sp³-hybridized carbons (Fsp3) is 0.375. The summed E-state index contributed by atoms with van der Waals surface area (Å²) in [6, 6.07) is 23.0. The van der Waals surface area contributed by atoms with Gasteiger partial charge in [-0.25, -0.2) is 13.4 Å². The van der Waals surface area contributed by atoms with E-state index in [-0.39, 0.29) is 11.7 Å². The highest BCUT2D eigenvalue weighted by atomic mass is 32.2. The summed E-state index contributed by atoms with van der Waals surface area (Å²) in [4.78, 5) is 11.9. The Morgan fingerprint density at radius 2 is 1.65 bits per heavy atom. The average molecular weight is 603 g/mol. The quantitative estimate of drug-likeness (QED) is 0.191. The van der Waals surface area contributed by atoms with E-state index in [1.807, 2.05) is 73.7 Å². The molecular formula is C32H38N6O4S. The Balaban J connectivity index is 1.52. The molecule has 0 bridgehead atoms. The first kappa shape index (κ1) is 30.4. The first-order chi connectivity index (χ1) is 20.6. The Kier molecular flexibility index (Phi) is 9.22. The molecule has 226 valence electrons. The number of rotatable bonds is 13. The number of methoxy groups -OCH3 is 1. The van der Waals surface area contributed by atoms with E-state index in [0.29, 0.717) is 42.3 Å². The summed E-state index contributed by atoms with van der Waals surface area (Å²) in [7, 11) is -0.418. The second kappa shape index (κ2) is 13.0. The molecule has 0 aliphatic heterocycles. The van der Waals surface area contributed by atoms with E-state index in [4.69, 9.17) is 19.1 Å². The average Bonchev–Trinajstić information content (AvgIpc) is 3.48. The van der Waals surface area contributed by atoms with E-state index in [9.17, 15) is 8.42 Å². The lowest BCUT2D eigenvalue weighted by molar-refractivity contribution is 0.204. The number of nitrogens with zero attached hydrogens (tertiary/aromatic N) is 6. The van der Waals surface area contributed by atoms with Crippen molar-refractivity contribution < 1.29 is 17.6 Å². The topological polar surface area (TPSA) is 114 Å². The van der Waals surface area contributed by atoms with Crippen LogP contribution in [0.2, 0.25) is 0 Å². The van der Waals surface area contributed by atoms with Crippen LogP contribution in [0.5, 0.6) is 0 Å². The number of aliphatic imine (C=N–C) groups is 1. The molecule has 2 aromatic carbocycles. The SMILES string of the molecule is COCCN(C[C@@H]1C[C@H]1C)c1cc(-c2nnc(C(C)N=C(c3ccccc3)c3ccccc3)o2)cc(N(C)S(C)(=O)=O)n1. The van der Waals surface area contributed by atoms with Crippen molar-refractivity contribution in [3.05, 3.63) is 89.8 Å². The van der Waals surface area contributed by atoms with Crippen molar-refractivity contribution in [3.8, 4) is 11.5 Å². The van der Waals surface area contributed by atoms with Crippen LogP contribution in [0.15, 0.2) is 82.2 Å². The first-order valence-electron chi connectivity index (χ1n) is 14.4. The standard InChI is InChI=1S/C32H38N6O4S/c1-22-18-27(22)21-38(16-17-41-4)29-20-26(19-28(34-29)37(3)43(5,39)40)32-36-35-31(42-32)23(2)33-30(24-12-8-6-9-13-24)25-14-10-7-11-15-25/h6-15,19-20,22-23,27H,16-18,21H2,1-5H3/t22-,23?,27+/m1/s1. The highest BCUT2D eigenvalue weighted by Gasteiger charge is 2.34. The zero-order chi connectivity index (χ0) is 30.6. The lowest BCUT2D eigenvalue weighted by Gasteiger charge is -2.26. The number of benzene rings is 2. The predicted molar refractivity (Wildman–Crippen MR) is 169 cm³/mol. The lowest BCUT2D eigenvalue weighted by Crippen LogP contribution is -2.32. The largest absolute Gasteiger partial charge is 0.418 e. The van der Waals surface area contributed by atoms with Crippen LogP contribution in [-0.2, 0) is 14.8 Å². The number of ether oxygens (including phenoxy) is 1. The number of anilines is 2. The van der Waals surface area contributed by atoms with Gasteiger partial charge >= 0.3 is 0 Å². The van der Waals surface area contributed by atoms with Crippen LogP contribution in [0, 0.1) is 11.8 Å². The molecule has 3 atom stereocenters. The van der Waals surface area contributed by atoms with E-state index in [2.05, 4.69) is 22.0 Å². The van der Waals surface area contributed by atoms with Crippen LogP contribution in [0.3, 0.4) is 0 Å². The smallest absolute Gasteiger partial charge is 0.248 e. The second-order valence-electron chi connectivity index (χ2n) is 11.0. The molecule has 10 nitrogen and oxygen atoms in total. The molecule has 0 N–H and O–H groups in total. The molecule has 5 rings (SSSR count). The maximum Gasteiger partial charge on any atom is 0.248 e. The van der Waals surface area contributed by atoms with Gasteiger partial charge in [-0.05, 0) is 37.3 Å². The third-order valence-electron chi connectivity index (χ3n) is 7.70. The third kappa shape index (κ3) is 7.47. The van der Waals surface area contributed by atoms with Gasteiger partial charge in [0.05, 0.1) is 18.6 Å². The molecular weight excluding hydrogens is 564 g/mol. The molecule has 4 aromatic rings. The van der Waals surface area contributed by atoms with Crippen molar-refractivity contribution in [2.24, 2.45) is 16.8 Å². The van der Waals surface area contributed by atoms with Gasteiger partial charge in [-0.15, -0.1) is 10.2 Å². The molecule has 1 aliphatic carbocycles. The molecule has 0 amide bonds. The van der Waals surface area contributed by atoms with Crippen molar-refractivity contribution >= 4 is 27.4 Å². The summed E-state index contributed by atoms with van der Waals surface area (Å²) < 4.78 is 37.7. The lowest BCUT2D eigenvalue weighted by atomic mass is 10.0. The summed E-state index contributed by atoms with van der Waals surface area (Å²) in [5.41, 5.74) is 3.35. The van der Waals surface area contributed by atoms with Gasteiger partial charge in [0.25, 0.3) is 0 Å². The van der Waals surface area contributed by atoms with E-state index >= 15 is 0 Å². The molecule has 0 radical (unpaired) electrons. The van der Waals surface area contributed by atoms with Crippen LogP contribution in [0.1, 0.15) is 43.3 Å². The molecule has 2 aromatic heterocycles. The Morgan fingerprint density at radius 1 is 1.05 bits per heavy atom. The Bertz CT molecular complexity index is 1620. The van der Waals surface area contributed by atoms with Crippen LogP contribution in [-0.4, -0.2) is 69.4 Å². The molecule has 43 heavy (non-hydrogen) atoms. The number of sulfonamides is 1. The van der Waals surface area contributed by atoms with Gasteiger partial charge in [0.15, 0.2) is 0 Å². The van der Waals surface area contributed by atoms with Crippen molar-refractivity contribution in [3.63, 3.8) is 0 Å². The zero-order valence-corrected chi connectivity index (χ0v) is 26.0. The van der Waals surface area contributed by atoms with Crippen molar-refractivity contribution in [2.45, 2.75) is 26.3 Å². The third-order valence-corrected chi connectivity index (χ3v) is 8.88. The summed E-state index contributed by atoms with van der Waals surface area (Å²) in [5, 5.41) is 8.68. The Hall–Kier alpha value is -4.09. The summed E-state index contributed by atoms with van der Waals surface area (Å²) in [5.74, 6) is 2.69. The number of aromatic nitrogens is 3. The van der Waals surface area contributed by atoms with Crippen LogP contribution >= 0.6 is 0 Å². The van der Waals surface area contributed by atoms with Crippen LogP contribution in [0.4, 0.5) is 11.6 Å². The molecule has 1 aliphatic rings. The van der Waals surface area contributed by atoms with E-state index in [1.54, 1.807) is 13.2 Å². The minimum atomic E-state index is -3.56. The molecule has 11 heteroatoms. The van der Waals surface area contributed by atoms with Crippen LogP contribution in [0.25, 0.3) is 11.5 Å². The van der Waals surface area contributed by atoms with Gasteiger partial charge < -0.3 is 14.1 Å². The first-order valence-corrected chi connectivity index (χ1v) is 16.2. The van der Waals surface area contributed by atoms with Gasteiger partial charge in [-0.3, -0.25) is 9.30 Å². The van der Waals surface area contributed by atoms with Gasteiger partial charge in [0.1, 0.15) is 17.7 Å². The number of pyridine rings is 1. The zero-order valence-electron chi connectivity index (χ0n) is 25.2. The van der Waals surface area contributed by atoms with Gasteiger partial charge in [0.2, 0.25) is 21.8 Å². The van der Waals surface area contributed by atoms with E-state index in [1.165, 1.54) is 7.05 Å². The fourth-order valence-electron chi connectivity index (χ4n) is 4.83. The summed E-state index contributed by atoms with van der Waals surface area (Å²) in [6.07, 6.45) is 2.30. The molecule has 1 fully saturated rings. The maximum atomic E-state index is 12.5. The van der Waals surface area contributed by atoms with E-state index < -0.39 is 16.1 Å². The molecule has 0 saturated heterocycles. The van der Waals surface area contributed by atoms with Crippen molar-refractivity contribution in [2.75, 3.05) is 49.3 Å². The second-order valence-corrected chi connectivity index (χ2v) is 13.1. The number of hydrogen-bond donors (Lipinski definition) is 0. The normalized spacial score (nSPS) is 16.9. The summed E-state index contributed by atoms with van der Waals surface area (Å²) >= 11 is 0. The molecule has 0 spiro atoms. The highest BCUT2D eigenvalue weighted by molar-refractivity contribution is 7.92. The summed E-state index contributed by atoms with van der Waals surface area (Å²) in [6.45, 7) is 6.06. The highest BCUT2D eigenvalue weighted by Crippen LogP contribution is 2.39. The maximum absolute atomic E-state index is 12.5. The number of hydrogen-bond acceptors (Lipinski definition) is 9. The van der Waals surface area contributed by atoms with Crippen molar-refractivity contribution in [1.29, 1.82) is 0 Å². The molecule has 1 unspecified atom stereocenters. The minimum absolute atomic E-state index is 0.260. The fourth-order valence-corrected chi connectivity index (χ4v) is 5.27. The molecule has 2 heterocycles. The minimum Gasteiger partial charge on any atom is -0.418 e. The Labute approximate surface area is 253 Å². The van der Waals surface area contributed by atoms with Crippen LogP contribution < -0.4 is 9.21 Å². The predicted octanol–water partition coefficient (Wildman–Crippen LogP) is 5.23. The Morgan fingerprint density at radius 3 is 2.21 bits per heavy atom. The molecule has 1 saturated carbocycles. The van der Waals surface area contributed by atoms with Gasteiger partial charge in [-0.1, -0.05) is 67.6 Å². The van der Waals surface area contributed by atoms with E-state index in [0.717, 1.165) is 40.4 Å². The monoisotopic (exact) mass is 602 g/mol. The van der Waals surface area contributed by atoms with Gasteiger partial charge in [-0.2, -0.15) is 0 Å².